The summed E-state index contributed by atoms with van der Waals surface area (Å²) in [6, 6.07) is 2.90. The van der Waals surface area contributed by atoms with Crippen LogP contribution in [0, 0.1) is 0 Å². The second kappa shape index (κ2) is 4.06. The van der Waals surface area contributed by atoms with E-state index in [1.807, 2.05) is 11.4 Å². The first-order chi connectivity index (χ1) is 7.84. The normalized spacial score (nSPS) is 27.4. The lowest BCUT2D eigenvalue weighted by atomic mass is 10.1. The van der Waals surface area contributed by atoms with Crippen LogP contribution in [-0.4, -0.2) is 22.9 Å². The highest BCUT2D eigenvalue weighted by molar-refractivity contribution is 7.07. The van der Waals surface area contributed by atoms with Crippen LogP contribution in [-0.2, 0) is 11.2 Å². The quantitative estimate of drug-likeness (QED) is 0.719. The van der Waals surface area contributed by atoms with E-state index in [1.54, 1.807) is 11.3 Å². The Bertz CT molecular complexity index is 410. The van der Waals surface area contributed by atoms with Crippen LogP contribution in [0.2, 0.25) is 0 Å². The Hall–Kier alpha value is -1.09. The predicted molar refractivity (Wildman–Crippen MR) is 65.4 cm³/mol. The maximum Gasteiger partial charge on any atom is 0.227 e. The molecule has 0 radical (unpaired) electrons. The third-order valence-corrected chi connectivity index (χ3v) is 4.27. The first-order valence-electron chi connectivity index (χ1n) is 5.83. The molecule has 1 fully saturated rings. The number of rotatable bonds is 2. The SMILES string of the molecule is O=C(Cc1ccsc1)N1[C@H]2CC=C[C@H]1CC2. The lowest BCUT2D eigenvalue weighted by Crippen LogP contribution is -2.42. The van der Waals surface area contributed by atoms with Gasteiger partial charge in [-0.15, -0.1) is 0 Å². The third kappa shape index (κ3) is 1.69. The van der Waals surface area contributed by atoms with Crippen LogP contribution in [0.15, 0.2) is 29.0 Å². The van der Waals surface area contributed by atoms with E-state index in [2.05, 4.69) is 22.4 Å². The summed E-state index contributed by atoms with van der Waals surface area (Å²) in [7, 11) is 0. The van der Waals surface area contributed by atoms with Crippen LogP contribution in [0.3, 0.4) is 0 Å². The summed E-state index contributed by atoms with van der Waals surface area (Å²) in [6.45, 7) is 0. The summed E-state index contributed by atoms with van der Waals surface area (Å²) < 4.78 is 0. The lowest BCUT2D eigenvalue weighted by Gasteiger charge is -2.31. The van der Waals surface area contributed by atoms with Crippen LogP contribution >= 0.6 is 11.3 Å². The van der Waals surface area contributed by atoms with Gasteiger partial charge >= 0.3 is 0 Å². The Morgan fingerprint density at radius 1 is 1.50 bits per heavy atom. The first-order valence-corrected chi connectivity index (χ1v) is 6.78. The highest BCUT2D eigenvalue weighted by atomic mass is 32.1. The van der Waals surface area contributed by atoms with Gasteiger partial charge in [-0.1, -0.05) is 12.2 Å². The minimum atomic E-state index is 0.301. The number of amides is 1. The van der Waals surface area contributed by atoms with Crippen molar-refractivity contribution < 1.29 is 4.79 Å². The van der Waals surface area contributed by atoms with Gasteiger partial charge in [0.15, 0.2) is 0 Å². The fourth-order valence-corrected chi connectivity index (χ4v) is 3.44. The lowest BCUT2D eigenvalue weighted by molar-refractivity contribution is -0.132. The summed E-state index contributed by atoms with van der Waals surface area (Å²) in [5.74, 6) is 0.301. The number of carbonyl (C=O) groups excluding carboxylic acids is 1. The molecule has 2 atom stereocenters. The predicted octanol–water partition coefficient (Wildman–Crippen LogP) is 2.61. The van der Waals surface area contributed by atoms with Crippen molar-refractivity contribution in [3.8, 4) is 0 Å². The van der Waals surface area contributed by atoms with Crippen molar-refractivity contribution in [2.45, 2.75) is 37.8 Å². The molecule has 84 valence electrons. The van der Waals surface area contributed by atoms with E-state index in [0.29, 0.717) is 24.4 Å². The molecule has 3 heterocycles. The van der Waals surface area contributed by atoms with Crippen LogP contribution in [0.25, 0.3) is 0 Å². The summed E-state index contributed by atoms with van der Waals surface area (Å²) in [4.78, 5) is 14.3. The van der Waals surface area contributed by atoms with Gasteiger partial charge in [0.25, 0.3) is 0 Å². The van der Waals surface area contributed by atoms with E-state index in [0.717, 1.165) is 18.4 Å². The minimum absolute atomic E-state index is 0.301. The molecule has 1 aromatic heterocycles. The van der Waals surface area contributed by atoms with Crippen molar-refractivity contribution >= 4 is 17.2 Å². The van der Waals surface area contributed by atoms with Crippen molar-refractivity contribution in [3.63, 3.8) is 0 Å². The van der Waals surface area contributed by atoms with E-state index in [4.69, 9.17) is 0 Å². The molecule has 2 aliphatic rings. The van der Waals surface area contributed by atoms with E-state index in [9.17, 15) is 4.79 Å². The standard InChI is InChI=1S/C13H15NOS/c15-13(8-10-6-7-16-9-10)14-11-2-1-3-12(14)5-4-11/h1-2,6-7,9,11-12H,3-5,8H2/t11-,12-/m0/s1. The van der Waals surface area contributed by atoms with Crippen LogP contribution in [0.1, 0.15) is 24.8 Å². The smallest absolute Gasteiger partial charge is 0.227 e. The average Bonchev–Trinajstić information content (AvgIpc) is 2.86. The molecular weight excluding hydrogens is 218 g/mol. The molecule has 0 unspecified atom stereocenters. The van der Waals surface area contributed by atoms with Crippen LogP contribution in [0.5, 0.6) is 0 Å². The Kier molecular flexibility index (Phi) is 2.56. The molecule has 2 bridgehead atoms. The van der Waals surface area contributed by atoms with Gasteiger partial charge in [0.2, 0.25) is 5.91 Å². The van der Waals surface area contributed by atoms with E-state index in [-0.39, 0.29) is 0 Å². The van der Waals surface area contributed by atoms with E-state index < -0.39 is 0 Å². The van der Waals surface area contributed by atoms with Crippen LogP contribution < -0.4 is 0 Å². The zero-order chi connectivity index (χ0) is 11.0. The molecule has 0 N–H and O–H groups in total. The maximum atomic E-state index is 12.2. The van der Waals surface area contributed by atoms with Gasteiger partial charge in [-0.3, -0.25) is 4.79 Å². The Balaban J connectivity index is 1.74. The number of hydrogen-bond donors (Lipinski definition) is 0. The molecule has 16 heavy (non-hydrogen) atoms. The molecule has 2 aliphatic heterocycles. The van der Waals surface area contributed by atoms with Gasteiger partial charge in [0.1, 0.15) is 0 Å². The van der Waals surface area contributed by atoms with E-state index in [1.165, 1.54) is 6.42 Å². The third-order valence-electron chi connectivity index (χ3n) is 3.54. The summed E-state index contributed by atoms with van der Waals surface area (Å²) in [6.07, 6.45) is 8.38. The molecule has 2 nitrogen and oxygen atoms in total. The maximum absolute atomic E-state index is 12.2. The molecule has 1 amide bonds. The van der Waals surface area contributed by atoms with Crippen molar-refractivity contribution in [1.82, 2.24) is 4.90 Å². The minimum Gasteiger partial charge on any atom is -0.333 e. The van der Waals surface area contributed by atoms with Crippen molar-refractivity contribution in [1.29, 1.82) is 0 Å². The number of carbonyl (C=O) groups is 1. The van der Waals surface area contributed by atoms with E-state index >= 15 is 0 Å². The molecule has 0 saturated carbocycles. The summed E-state index contributed by atoms with van der Waals surface area (Å²) in [5.41, 5.74) is 1.16. The van der Waals surface area contributed by atoms with Gasteiger partial charge in [-0.05, 0) is 41.7 Å². The fraction of sp³-hybridized carbons (Fsp3) is 0.462. The Morgan fingerprint density at radius 2 is 2.44 bits per heavy atom. The largest absolute Gasteiger partial charge is 0.333 e. The van der Waals surface area contributed by atoms with Crippen molar-refractivity contribution in [3.05, 3.63) is 34.5 Å². The van der Waals surface area contributed by atoms with Gasteiger partial charge in [0, 0.05) is 6.04 Å². The zero-order valence-corrected chi connectivity index (χ0v) is 9.95. The van der Waals surface area contributed by atoms with Crippen molar-refractivity contribution in [2.24, 2.45) is 0 Å². The first kappa shape index (κ1) is 10.1. The topological polar surface area (TPSA) is 20.3 Å². The summed E-state index contributed by atoms with van der Waals surface area (Å²) >= 11 is 1.66. The molecule has 3 heteroatoms. The Morgan fingerprint density at radius 3 is 3.19 bits per heavy atom. The Labute approximate surface area is 99.6 Å². The van der Waals surface area contributed by atoms with Gasteiger partial charge in [0.05, 0.1) is 12.5 Å². The summed E-state index contributed by atoms with van der Waals surface area (Å²) in [5, 5.41) is 4.10. The number of thiophene rings is 1. The number of hydrogen-bond acceptors (Lipinski definition) is 2. The van der Waals surface area contributed by atoms with Gasteiger partial charge in [-0.2, -0.15) is 11.3 Å². The molecule has 3 rings (SSSR count). The van der Waals surface area contributed by atoms with Gasteiger partial charge in [-0.25, -0.2) is 0 Å². The highest BCUT2D eigenvalue weighted by Gasteiger charge is 2.36. The molecule has 1 aromatic rings. The van der Waals surface area contributed by atoms with Crippen LogP contribution in [0.4, 0.5) is 0 Å². The molecule has 0 spiro atoms. The molecular formula is C13H15NOS. The fourth-order valence-electron chi connectivity index (χ4n) is 2.77. The molecule has 0 aromatic carbocycles. The van der Waals surface area contributed by atoms with Gasteiger partial charge < -0.3 is 4.90 Å². The van der Waals surface area contributed by atoms with Crippen molar-refractivity contribution in [2.75, 3.05) is 0 Å². The molecule has 1 saturated heterocycles. The average molecular weight is 233 g/mol. The number of fused-ring (bicyclic) bond motifs is 2. The molecule has 0 aliphatic carbocycles. The second-order valence-corrected chi connectivity index (χ2v) is 5.35. The monoisotopic (exact) mass is 233 g/mol. The highest BCUT2D eigenvalue weighted by Crippen LogP contribution is 2.32. The zero-order valence-electron chi connectivity index (χ0n) is 9.13. The second-order valence-electron chi connectivity index (χ2n) is 4.57. The number of nitrogens with zero attached hydrogens (tertiary/aromatic N) is 1.